The molecule has 5 aromatic carbocycles. The fraction of sp³-hybridized carbons (Fsp3) is 0.511. The van der Waals surface area contributed by atoms with Crippen LogP contribution in [0.15, 0.2) is 158 Å². The van der Waals surface area contributed by atoms with Crippen LogP contribution in [0.5, 0.6) is 0 Å². The molecule has 0 radical (unpaired) electrons. The van der Waals surface area contributed by atoms with E-state index in [0.29, 0.717) is 79.8 Å². The molecule has 8 rings (SSSR count). The standard InChI is InChI=1S/C21H28BN3O4.C20H22BCl2NO4.C18H28BNO4.C16H30BNO5.C15H20BNO4/c1-15(2)11-19(22(28)29)25-20(27)21(3,12-16-7-5-4-6-8-16)13-18(26)17-14-23-9-10-24-17;1-20(2,24-19(26)14-5-9-17(23)10-6-14)18(25)12-15(21(27)28)11-13-3-7-16(22)8-4-13;1-13(2)10-16(19(23)24)20-17(22)18(3,4)12-15(21)11-14-8-6-5-7-9-14;1-11(2)9-12(17(21)22)18-14(20)16(7-6-8-16)10-13(19)23-15(3,4)5;1-11(18)10-15(7-8-15)14(19)17-13(16(20)21)9-12-5-3-2-4-6-12/h4-10,14-15,19,28-29H,11-13H2,1-3H3,(H,25,27);3-10,15,27-28H,11-12H2,1-2H3,(H,24,26);5-9,13,16,23-24H,10-12H2,1-4H3,(H,20,22);11-12,21-22H,6-10H2,1-5H3,(H,18,20);2-6,13,20-21H,7-10H2,1H3,(H,17,19)/t19-,21-;15-;16-;12-;13-/m01000/s1. The molecular weight excluding hydrogens is 1640 g/mol. The van der Waals surface area contributed by atoms with Crippen molar-refractivity contribution in [1.82, 2.24) is 36.6 Å². The van der Waals surface area contributed by atoms with Gasteiger partial charge in [-0.1, -0.05) is 188 Å². The lowest BCUT2D eigenvalue weighted by Crippen LogP contribution is -2.55. The second-order valence-corrected chi connectivity index (χ2v) is 37.4. The molecule has 2 aliphatic carbocycles. The van der Waals surface area contributed by atoms with Crippen LogP contribution in [0, 0.1) is 39.4 Å². The van der Waals surface area contributed by atoms with Gasteiger partial charge in [-0.15, -0.1) is 0 Å². The van der Waals surface area contributed by atoms with Crippen LogP contribution >= 0.6 is 23.2 Å². The lowest BCUT2D eigenvalue weighted by molar-refractivity contribution is -0.163. The summed E-state index contributed by atoms with van der Waals surface area (Å²) < 4.78 is 5.32. The Balaban J connectivity index is 0.000000329. The number of amides is 5. The monoisotopic (exact) mass is 1770 g/mol. The molecule has 5 amide bonds. The van der Waals surface area contributed by atoms with Crippen molar-refractivity contribution in [2.75, 3.05) is 0 Å². The van der Waals surface area contributed by atoms with Gasteiger partial charge in [0.15, 0.2) is 11.6 Å². The van der Waals surface area contributed by atoms with Crippen molar-refractivity contribution < 1.29 is 103 Å². The van der Waals surface area contributed by atoms with E-state index in [1.54, 1.807) is 104 Å². The molecule has 0 bridgehead atoms. The molecule has 2 saturated carbocycles. The Morgan fingerprint density at radius 3 is 1.34 bits per heavy atom. The molecular formula is C90H128B5Cl2N7O21. The van der Waals surface area contributed by atoms with Crippen LogP contribution in [0.1, 0.15) is 230 Å². The molecule has 1 heterocycles. The van der Waals surface area contributed by atoms with Crippen LogP contribution in [-0.2, 0) is 68.8 Å². The average molecular weight is 1770 g/mol. The van der Waals surface area contributed by atoms with Crippen molar-refractivity contribution in [3.8, 4) is 0 Å². The van der Waals surface area contributed by atoms with Crippen molar-refractivity contribution in [3.63, 3.8) is 0 Å². The second kappa shape index (κ2) is 51.2. The number of nitrogens with one attached hydrogen (secondary N) is 5. The summed E-state index contributed by atoms with van der Waals surface area (Å²) >= 11 is 11.7. The summed E-state index contributed by atoms with van der Waals surface area (Å²) in [6.45, 7) is 26.8. The number of ether oxygens (including phenoxy) is 1. The van der Waals surface area contributed by atoms with Gasteiger partial charge in [0.2, 0.25) is 23.6 Å². The predicted octanol–water partition coefficient (Wildman–Crippen LogP) is 9.06. The van der Waals surface area contributed by atoms with E-state index in [1.165, 1.54) is 25.5 Å². The number of carbonyl (C=O) groups is 10. The second-order valence-electron chi connectivity index (χ2n) is 36.5. The summed E-state index contributed by atoms with van der Waals surface area (Å²) in [6, 6.07) is 41.4. The first-order valence-corrected chi connectivity index (χ1v) is 43.1. The van der Waals surface area contributed by atoms with Gasteiger partial charge in [-0.2, -0.15) is 0 Å². The highest BCUT2D eigenvalue weighted by atomic mass is 35.5. The van der Waals surface area contributed by atoms with Gasteiger partial charge in [-0.3, -0.25) is 52.9 Å². The maximum Gasteiger partial charge on any atom is 0.475 e. The zero-order valence-electron chi connectivity index (χ0n) is 74.7. The summed E-state index contributed by atoms with van der Waals surface area (Å²) in [7, 11) is -8.21. The molecule has 15 N–H and O–H groups in total. The third-order valence-corrected chi connectivity index (χ3v) is 21.7. The number of nitrogens with zero attached hydrogens (tertiary/aromatic N) is 2. The largest absolute Gasteiger partial charge is 0.475 e. The van der Waals surface area contributed by atoms with Gasteiger partial charge >= 0.3 is 41.6 Å². The first kappa shape index (κ1) is 109. The van der Waals surface area contributed by atoms with E-state index in [2.05, 4.69) is 36.6 Å². The van der Waals surface area contributed by atoms with Crippen molar-refractivity contribution in [2.24, 2.45) is 39.4 Å². The molecule has 0 aliphatic heterocycles. The van der Waals surface area contributed by atoms with Crippen molar-refractivity contribution >= 4 is 117 Å². The van der Waals surface area contributed by atoms with Crippen LogP contribution in [0.3, 0.4) is 0 Å². The summed E-state index contributed by atoms with van der Waals surface area (Å²) in [5.41, 5.74) is -1.03. The van der Waals surface area contributed by atoms with Gasteiger partial charge in [0.25, 0.3) is 5.91 Å². The molecule has 678 valence electrons. The third kappa shape index (κ3) is 39.5. The van der Waals surface area contributed by atoms with Crippen LogP contribution in [0.4, 0.5) is 0 Å². The number of benzene rings is 5. The summed E-state index contributed by atoms with van der Waals surface area (Å²) in [6.07, 6.45) is 10.5. The first-order valence-electron chi connectivity index (χ1n) is 42.3. The van der Waals surface area contributed by atoms with Gasteiger partial charge in [-0.25, -0.2) is 4.98 Å². The minimum atomic E-state index is -1.68. The number of halogens is 2. The topological polar surface area (TPSA) is 468 Å². The van der Waals surface area contributed by atoms with Crippen molar-refractivity contribution in [1.29, 1.82) is 0 Å². The molecule has 2 aliphatic rings. The van der Waals surface area contributed by atoms with E-state index in [0.717, 1.165) is 28.7 Å². The molecule has 2 fully saturated rings. The van der Waals surface area contributed by atoms with Crippen molar-refractivity contribution in [3.05, 3.63) is 202 Å². The normalized spacial score (nSPS) is 14.7. The van der Waals surface area contributed by atoms with E-state index < -0.39 is 116 Å². The zero-order chi connectivity index (χ0) is 94.0. The van der Waals surface area contributed by atoms with Gasteiger partial charge < -0.3 is 81.6 Å². The lowest BCUT2D eigenvalue weighted by atomic mass is 9.65. The minimum Gasteiger partial charge on any atom is -0.460 e. The summed E-state index contributed by atoms with van der Waals surface area (Å²) in [5, 5.41) is 110. The Hall–Kier alpha value is -8.82. The number of ketones is 4. The SMILES string of the molecule is CC(=O)CC1(C(=O)N[C@@H](Cc2ccccc2)B(O)O)CC1.CC(C)(NC(=O)c1ccc(Cl)cc1)C(=O)C[C@@H](Cc1ccc(Cl)cc1)B(O)O.CC(C)C[C@H](NC(=O)C(C)(C)CC(=O)Cc1ccccc1)B(O)O.CC(C)C[C@H](NC(=O)C1(CC(=O)OC(C)(C)C)CCC1)B(O)O.CC(C)C[C@H](NC(=O)[C@](C)(CC(=O)c1cnccn1)Cc1ccccc1)B(O)O. The number of rotatable bonds is 41. The third-order valence-electron chi connectivity index (χ3n) is 21.2. The Labute approximate surface area is 747 Å². The molecule has 6 aromatic rings. The van der Waals surface area contributed by atoms with Crippen LogP contribution in [0.25, 0.3) is 0 Å². The highest BCUT2D eigenvalue weighted by molar-refractivity contribution is 6.45. The zero-order valence-corrected chi connectivity index (χ0v) is 76.2. The number of aromatic nitrogens is 2. The molecule has 0 unspecified atom stereocenters. The average Bonchev–Trinajstić information content (AvgIpc) is 1.28. The molecule has 28 nitrogen and oxygen atoms in total. The highest BCUT2D eigenvalue weighted by Gasteiger charge is 2.52. The van der Waals surface area contributed by atoms with Gasteiger partial charge in [0.1, 0.15) is 22.9 Å². The molecule has 35 heteroatoms. The molecule has 6 atom stereocenters. The maximum atomic E-state index is 13.2. The van der Waals surface area contributed by atoms with E-state index in [4.69, 9.17) is 27.9 Å². The number of carbonyl (C=O) groups excluding carboxylic acids is 10. The van der Waals surface area contributed by atoms with E-state index >= 15 is 0 Å². The summed E-state index contributed by atoms with van der Waals surface area (Å²) in [5.74, 6) is -5.91. The molecule has 0 saturated heterocycles. The first-order chi connectivity index (χ1) is 58.3. The van der Waals surface area contributed by atoms with E-state index in [9.17, 15) is 98.2 Å². The van der Waals surface area contributed by atoms with Crippen LogP contribution < -0.4 is 26.6 Å². The Kier molecular flexibility index (Phi) is 44.5. The maximum absolute atomic E-state index is 13.2. The van der Waals surface area contributed by atoms with Crippen LogP contribution in [0.2, 0.25) is 15.9 Å². The number of hydrogen-bond acceptors (Lipinski definition) is 23. The van der Waals surface area contributed by atoms with Gasteiger partial charge in [-0.05, 0) is 189 Å². The van der Waals surface area contributed by atoms with Crippen molar-refractivity contribution in [2.45, 2.75) is 254 Å². The molecule has 0 spiro atoms. The lowest BCUT2D eigenvalue weighted by Gasteiger charge is -2.41. The summed E-state index contributed by atoms with van der Waals surface area (Å²) in [4.78, 5) is 132. The minimum absolute atomic E-state index is 0.0215. The quantitative estimate of drug-likeness (QED) is 0.00966. The smallest absolute Gasteiger partial charge is 0.460 e. The van der Waals surface area contributed by atoms with E-state index in [-0.39, 0.29) is 103 Å². The number of hydrogen-bond donors (Lipinski definition) is 15. The molecule has 125 heavy (non-hydrogen) atoms. The van der Waals surface area contributed by atoms with Crippen LogP contribution in [-0.4, -0.2) is 189 Å². The Morgan fingerprint density at radius 1 is 0.488 bits per heavy atom. The Morgan fingerprint density at radius 2 is 0.920 bits per heavy atom. The highest BCUT2D eigenvalue weighted by Crippen LogP contribution is 2.49. The van der Waals surface area contributed by atoms with Gasteiger partial charge in [0, 0.05) is 65.9 Å². The Bertz CT molecular complexity index is 4380. The van der Waals surface area contributed by atoms with Gasteiger partial charge in [0.05, 0.1) is 63.6 Å². The molecule has 1 aromatic heterocycles. The van der Waals surface area contributed by atoms with E-state index in [1.807, 2.05) is 133 Å². The predicted molar refractivity (Wildman–Crippen MR) is 485 cm³/mol. The fourth-order valence-electron chi connectivity index (χ4n) is 13.9. The number of Topliss-reactive ketones (excluding diaryl/α,β-unsaturated/α-hetero) is 4. The fourth-order valence-corrected chi connectivity index (χ4v) is 14.2. The number of esters is 1.